The molecule has 5 nitrogen and oxygen atoms in total. The summed E-state index contributed by atoms with van der Waals surface area (Å²) in [5.41, 5.74) is 2.82. The third-order valence-corrected chi connectivity index (χ3v) is 5.25. The maximum Gasteiger partial charge on any atom is 0.230 e. The van der Waals surface area contributed by atoms with Crippen LogP contribution in [0.15, 0.2) is 72.2 Å². The lowest BCUT2D eigenvalue weighted by molar-refractivity contribution is -0.115. The van der Waals surface area contributed by atoms with E-state index in [1.807, 2.05) is 47.8 Å². The van der Waals surface area contributed by atoms with E-state index in [1.165, 1.54) is 17.4 Å². The second-order valence-electron chi connectivity index (χ2n) is 6.77. The molecule has 0 atom stereocenters. The van der Waals surface area contributed by atoms with Crippen LogP contribution < -0.4 is 10.6 Å². The Morgan fingerprint density at radius 1 is 1.03 bits per heavy atom. The lowest BCUT2D eigenvalue weighted by Crippen LogP contribution is -2.15. The molecule has 0 radical (unpaired) electrons. The topological polar surface area (TPSA) is 66.9 Å². The zero-order valence-electron chi connectivity index (χ0n) is 16.3. The molecule has 0 aliphatic rings. The molecule has 2 aromatic heterocycles. The van der Waals surface area contributed by atoms with Crippen molar-refractivity contribution in [3.05, 3.63) is 95.0 Å². The van der Waals surface area contributed by atoms with E-state index in [0.29, 0.717) is 23.2 Å². The van der Waals surface area contributed by atoms with Gasteiger partial charge in [-0.25, -0.2) is 18.7 Å². The highest BCUT2D eigenvalue weighted by Gasteiger charge is 2.12. The number of thiazole rings is 1. The van der Waals surface area contributed by atoms with Crippen LogP contribution in [-0.2, 0) is 17.8 Å². The maximum atomic E-state index is 13.7. The minimum absolute atomic E-state index is 0.124. The number of anilines is 2. The first-order valence-electron chi connectivity index (χ1n) is 9.50. The number of aromatic nitrogens is 2. The Hall–Kier alpha value is -3.65. The van der Waals surface area contributed by atoms with E-state index < -0.39 is 17.5 Å². The first-order valence-corrected chi connectivity index (χ1v) is 10.4. The Bertz CT molecular complexity index is 1200. The molecule has 0 aliphatic heterocycles. The van der Waals surface area contributed by atoms with Crippen molar-refractivity contribution < 1.29 is 13.6 Å². The van der Waals surface area contributed by atoms with Gasteiger partial charge in [0.25, 0.3) is 0 Å². The maximum absolute atomic E-state index is 13.7. The van der Waals surface area contributed by atoms with Gasteiger partial charge in [-0.1, -0.05) is 36.4 Å². The normalized spacial score (nSPS) is 10.6. The van der Waals surface area contributed by atoms with Crippen molar-refractivity contribution in [2.75, 3.05) is 10.6 Å². The number of halogens is 2. The summed E-state index contributed by atoms with van der Waals surface area (Å²) >= 11 is 1.27. The Kier molecular flexibility index (Phi) is 6.28. The first kappa shape index (κ1) is 20.6. The van der Waals surface area contributed by atoms with Gasteiger partial charge in [0, 0.05) is 29.8 Å². The summed E-state index contributed by atoms with van der Waals surface area (Å²) in [5, 5.41) is 8.16. The highest BCUT2D eigenvalue weighted by Crippen LogP contribution is 2.26. The fourth-order valence-corrected chi connectivity index (χ4v) is 3.68. The van der Waals surface area contributed by atoms with Crippen LogP contribution in [0, 0.1) is 11.6 Å². The van der Waals surface area contributed by atoms with Crippen molar-refractivity contribution >= 4 is 28.2 Å². The number of carbonyl (C=O) groups is 1. The number of amides is 1. The predicted molar refractivity (Wildman–Crippen MR) is 118 cm³/mol. The van der Waals surface area contributed by atoms with E-state index in [9.17, 15) is 13.6 Å². The second kappa shape index (κ2) is 9.44. The van der Waals surface area contributed by atoms with Crippen LogP contribution in [-0.4, -0.2) is 15.9 Å². The number of nitrogens with zero attached hydrogens (tertiary/aromatic N) is 2. The van der Waals surface area contributed by atoms with Crippen LogP contribution >= 0.6 is 11.3 Å². The third-order valence-electron chi connectivity index (χ3n) is 4.49. The highest BCUT2D eigenvalue weighted by atomic mass is 32.1. The zero-order valence-corrected chi connectivity index (χ0v) is 17.1. The Morgan fingerprint density at radius 3 is 2.68 bits per heavy atom. The SMILES string of the molecule is O=C(Cc1ccc(F)cc1F)Nc1nc(-c2ccnc(NCc3ccccc3)c2)cs1. The van der Waals surface area contributed by atoms with E-state index in [2.05, 4.69) is 20.6 Å². The van der Waals surface area contributed by atoms with Crippen LogP contribution in [0.1, 0.15) is 11.1 Å². The van der Waals surface area contributed by atoms with E-state index in [0.717, 1.165) is 23.3 Å². The minimum Gasteiger partial charge on any atom is -0.366 e. The highest BCUT2D eigenvalue weighted by molar-refractivity contribution is 7.14. The molecule has 0 fully saturated rings. The smallest absolute Gasteiger partial charge is 0.230 e. The monoisotopic (exact) mass is 436 g/mol. The summed E-state index contributed by atoms with van der Waals surface area (Å²) in [4.78, 5) is 21.0. The number of nitrogens with one attached hydrogen (secondary N) is 2. The van der Waals surface area contributed by atoms with Gasteiger partial charge in [0.2, 0.25) is 5.91 Å². The van der Waals surface area contributed by atoms with Crippen LogP contribution in [0.4, 0.5) is 19.7 Å². The second-order valence-corrected chi connectivity index (χ2v) is 7.63. The molecule has 2 aromatic carbocycles. The zero-order chi connectivity index (χ0) is 21.6. The number of carbonyl (C=O) groups excluding carboxylic acids is 1. The van der Waals surface area contributed by atoms with Gasteiger partial charge in [-0.15, -0.1) is 11.3 Å². The van der Waals surface area contributed by atoms with Crippen molar-refractivity contribution in [3.63, 3.8) is 0 Å². The van der Waals surface area contributed by atoms with Crippen molar-refractivity contribution in [2.24, 2.45) is 0 Å². The molecule has 4 aromatic rings. The van der Waals surface area contributed by atoms with Crippen molar-refractivity contribution in [1.82, 2.24) is 9.97 Å². The van der Waals surface area contributed by atoms with Crippen molar-refractivity contribution in [2.45, 2.75) is 13.0 Å². The van der Waals surface area contributed by atoms with E-state index in [1.54, 1.807) is 6.20 Å². The van der Waals surface area contributed by atoms with E-state index in [4.69, 9.17) is 0 Å². The molecule has 0 unspecified atom stereocenters. The third kappa shape index (κ3) is 5.49. The summed E-state index contributed by atoms with van der Waals surface area (Å²) < 4.78 is 26.7. The molecule has 8 heteroatoms. The average molecular weight is 436 g/mol. The summed E-state index contributed by atoms with van der Waals surface area (Å²) in [7, 11) is 0. The molecule has 2 heterocycles. The molecule has 156 valence electrons. The minimum atomic E-state index is -0.748. The number of pyridine rings is 1. The van der Waals surface area contributed by atoms with Gasteiger partial charge >= 0.3 is 0 Å². The molecule has 0 saturated heterocycles. The molecule has 0 bridgehead atoms. The summed E-state index contributed by atoms with van der Waals surface area (Å²) in [6.07, 6.45) is 1.49. The van der Waals surface area contributed by atoms with Gasteiger partial charge in [-0.3, -0.25) is 4.79 Å². The largest absolute Gasteiger partial charge is 0.366 e. The van der Waals surface area contributed by atoms with Gasteiger partial charge in [0.15, 0.2) is 5.13 Å². The molecule has 4 rings (SSSR count). The summed E-state index contributed by atoms with van der Waals surface area (Å²) in [6.45, 7) is 0.648. The average Bonchev–Trinajstić information content (AvgIpc) is 3.24. The van der Waals surface area contributed by atoms with Gasteiger partial charge < -0.3 is 10.6 Å². The standard InChI is InChI=1S/C23H18F2N4OS/c24-18-7-6-16(19(25)12-18)11-22(30)29-23-28-20(14-31-23)17-8-9-26-21(10-17)27-13-15-4-2-1-3-5-15/h1-10,12,14H,11,13H2,(H,26,27)(H,28,29,30). The number of benzene rings is 2. The Balaban J connectivity index is 1.39. The van der Waals surface area contributed by atoms with Crippen molar-refractivity contribution in [1.29, 1.82) is 0 Å². The number of rotatable bonds is 7. The van der Waals surface area contributed by atoms with Gasteiger partial charge in [-0.2, -0.15) is 0 Å². The fourth-order valence-electron chi connectivity index (χ4n) is 2.94. The lowest BCUT2D eigenvalue weighted by Gasteiger charge is -2.07. The van der Waals surface area contributed by atoms with E-state index >= 15 is 0 Å². The fraction of sp³-hybridized carbons (Fsp3) is 0.0870. The summed E-state index contributed by atoms with van der Waals surface area (Å²) in [6, 6.07) is 16.9. The number of hydrogen-bond donors (Lipinski definition) is 2. The molecule has 0 aliphatic carbocycles. The summed E-state index contributed by atoms with van der Waals surface area (Å²) in [5.74, 6) is -1.14. The molecular weight excluding hydrogens is 418 g/mol. The van der Waals surface area contributed by atoms with E-state index in [-0.39, 0.29) is 12.0 Å². The first-order chi connectivity index (χ1) is 15.1. The Morgan fingerprint density at radius 2 is 1.87 bits per heavy atom. The Labute approximate surface area is 181 Å². The lowest BCUT2D eigenvalue weighted by atomic mass is 10.1. The predicted octanol–water partition coefficient (Wildman–Crippen LogP) is 5.28. The van der Waals surface area contributed by atoms with Crippen molar-refractivity contribution in [3.8, 4) is 11.3 Å². The molecular formula is C23H18F2N4OS. The van der Waals surface area contributed by atoms with Gasteiger partial charge in [0.1, 0.15) is 17.5 Å². The molecule has 0 spiro atoms. The molecule has 1 amide bonds. The molecule has 2 N–H and O–H groups in total. The van der Waals surface area contributed by atoms with Crippen LogP contribution in [0.3, 0.4) is 0 Å². The molecule has 31 heavy (non-hydrogen) atoms. The quantitative estimate of drug-likeness (QED) is 0.414. The number of hydrogen-bond acceptors (Lipinski definition) is 5. The van der Waals surface area contributed by atoms with Gasteiger partial charge in [-0.05, 0) is 29.3 Å². The van der Waals surface area contributed by atoms with Crippen LogP contribution in [0.2, 0.25) is 0 Å². The van der Waals surface area contributed by atoms with Crippen LogP contribution in [0.25, 0.3) is 11.3 Å². The van der Waals surface area contributed by atoms with Gasteiger partial charge in [0.05, 0.1) is 12.1 Å². The molecule has 0 saturated carbocycles. The van der Waals surface area contributed by atoms with Crippen LogP contribution in [0.5, 0.6) is 0 Å².